The summed E-state index contributed by atoms with van der Waals surface area (Å²) in [4.78, 5) is 12.2. The summed E-state index contributed by atoms with van der Waals surface area (Å²) >= 11 is 0. The minimum absolute atomic E-state index is 0.183. The second kappa shape index (κ2) is 5.40. The van der Waals surface area contributed by atoms with Gasteiger partial charge in [0.05, 0.1) is 5.56 Å². The summed E-state index contributed by atoms with van der Waals surface area (Å²) in [6.45, 7) is 3.40. The summed E-state index contributed by atoms with van der Waals surface area (Å²) in [6.07, 6.45) is -3.84. The van der Waals surface area contributed by atoms with Crippen LogP contribution in [0.1, 0.15) is 34.9 Å². The van der Waals surface area contributed by atoms with Gasteiger partial charge in [-0.25, -0.2) is 0 Å². The van der Waals surface area contributed by atoms with Crippen molar-refractivity contribution >= 4 is 11.6 Å². The number of amides is 1. The zero-order chi connectivity index (χ0) is 16.8. The summed E-state index contributed by atoms with van der Waals surface area (Å²) in [5, 5.41) is 6.50. The van der Waals surface area contributed by atoms with Gasteiger partial charge < -0.3 is 9.84 Å². The fraction of sp³-hybridized carbons (Fsp3) is 0.375. The normalized spacial score (nSPS) is 20.4. The molecule has 0 radical (unpaired) electrons. The van der Waals surface area contributed by atoms with E-state index in [2.05, 4.69) is 10.5 Å². The number of nitrogens with zero attached hydrogens (tertiary/aromatic N) is 1. The maximum absolute atomic E-state index is 12.8. The minimum atomic E-state index is -4.38. The van der Waals surface area contributed by atoms with Crippen LogP contribution < -0.4 is 5.32 Å². The molecule has 7 heteroatoms. The van der Waals surface area contributed by atoms with Crippen LogP contribution in [0.4, 0.5) is 18.9 Å². The quantitative estimate of drug-likeness (QED) is 0.926. The Morgan fingerprint density at radius 3 is 2.70 bits per heavy atom. The molecule has 1 amide bonds. The number of benzene rings is 1. The lowest BCUT2D eigenvalue weighted by Crippen LogP contribution is -2.15. The molecule has 1 aromatic carbocycles. The fourth-order valence-corrected chi connectivity index (χ4v) is 2.68. The van der Waals surface area contributed by atoms with Gasteiger partial charge in [-0.1, -0.05) is 23.4 Å². The molecule has 23 heavy (non-hydrogen) atoms. The average molecular weight is 324 g/mol. The maximum atomic E-state index is 12.8. The summed E-state index contributed by atoms with van der Waals surface area (Å²) in [5.74, 6) is -0.223. The third-order valence-electron chi connectivity index (χ3n) is 4.05. The molecule has 2 aromatic rings. The highest BCUT2D eigenvalue weighted by atomic mass is 19.4. The molecule has 1 N–H and O–H groups in total. The number of aryl methyl sites for hydroxylation is 2. The second-order valence-corrected chi connectivity index (χ2v) is 5.76. The molecule has 4 nitrogen and oxygen atoms in total. The van der Waals surface area contributed by atoms with E-state index >= 15 is 0 Å². The van der Waals surface area contributed by atoms with Gasteiger partial charge in [0.1, 0.15) is 11.4 Å². The molecule has 0 spiro atoms. The van der Waals surface area contributed by atoms with Crippen LogP contribution in [0.25, 0.3) is 0 Å². The van der Waals surface area contributed by atoms with Crippen molar-refractivity contribution in [3.05, 3.63) is 46.8 Å². The van der Waals surface area contributed by atoms with Gasteiger partial charge in [0.25, 0.3) is 0 Å². The summed E-state index contributed by atoms with van der Waals surface area (Å²) in [7, 11) is 0. The lowest BCUT2D eigenvalue weighted by atomic mass is 10.1. The van der Waals surface area contributed by atoms with Crippen molar-refractivity contribution in [3.8, 4) is 0 Å². The van der Waals surface area contributed by atoms with E-state index in [4.69, 9.17) is 4.52 Å². The third kappa shape index (κ3) is 3.09. The molecule has 0 saturated heterocycles. The average Bonchev–Trinajstić information content (AvgIpc) is 3.24. The zero-order valence-corrected chi connectivity index (χ0v) is 12.6. The second-order valence-electron chi connectivity index (χ2n) is 5.76. The van der Waals surface area contributed by atoms with E-state index in [0.29, 0.717) is 29.1 Å². The van der Waals surface area contributed by atoms with Gasteiger partial charge in [0, 0.05) is 5.92 Å². The Kier molecular flexibility index (Phi) is 3.66. The molecule has 1 aliphatic rings. The van der Waals surface area contributed by atoms with E-state index in [1.54, 1.807) is 19.9 Å². The molecule has 1 aliphatic carbocycles. The summed E-state index contributed by atoms with van der Waals surface area (Å²) in [5.41, 5.74) is 0.960. The van der Waals surface area contributed by atoms with Crippen LogP contribution in [0.5, 0.6) is 0 Å². The Morgan fingerprint density at radius 2 is 2.09 bits per heavy atom. The molecule has 1 fully saturated rings. The van der Waals surface area contributed by atoms with Crippen LogP contribution in [0.3, 0.4) is 0 Å². The van der Waals surface area contributed by atoms with Crippen molar-refractivity contribution in [1.29, 1.82) is 0 Å². The molecule has 1 saturated carbocycles. The Bertz CT molecular complexity index is 733. The number of alkyl halides is 3. The van der Waals surface area contributed by atoms with Gasteiger partial charge in [0.15, 0.2) is 5.76 Å². The molecule has 3 rings (SSSR count). The number of anilines is 1. The first-order valence-corrected chi connectivity index (χ1v) is 7.18. The van der Waals surface area contributed by atoms with E-state index in [1.807, 2.05) is 0 Å². The number of nitrogens with one attached hydrogen (secondary N) is 1. The molecular weight excluding hydrogens is 309 g/mol. The molecule has 0 unspecified atom stereocenters. The molecule has 1 aromatic heterocycles. The van der Waals surface area contributed by atoms with Crippen molar-refractivity contribution in [2.45, 2.75) is 32.4 Å². The Balaban J connectivity index is 1.71. The predicted molar refractivity (Wildman–Crippen MR) is 76.9 cm³/mol. The number of rotatable bonds is 3. The van der Waals surface area contributed by atoms with E-state index in [-0.39, 0.29) is 17.7 Å². The fourth-order valence-electron chi connectivity index (χ4n) is 2.68. The van der Waals surface area contributed by atoms with Gasteiger partial charge >= 0.3 is 6.18 Å². The highest BCUT2D eigenvalue weighted by molar-refractivity contribution is 5.96. The van der Waals surface area contributed by atoms with Crippen LogP contribution in [0.15, 0.2) is 28.8 Å². The molecule has 1 heterocycles. The Morgan fingerprint density at radius 1 is 1.35 bits per heavy atom. The van der Waals surface area contributed by atoms with Crippen LogP contribution in [0.2, 0.25) is 0 Å². The van der Waals surface area contributed by atoms with Crippen LogP contribution >= 0.6 is 0 Å². The van der Waals surface area contributed by atoms with Crippen LogP contribution in [0, 0.1) is 19.8 Å². The van der Waals surface area contributed by atoms with E-state index in [9.17, 15) is 18.0 Å². The molecule has 0 bridgehead atoms. The highest BCUT2D eigenvalue weighted by Crippen LogP contribution is 2.49. The number of aromatic nitrogens is 1. The first kappa shape index (κ1) is 15.6. The van der Waals surface area contributed by atoms with E-state index < -0.39 is 11.7 Å². The number of carbonyl (C=O) groups is 1. The van der Waals surface area contributed by atoms with E-state index in [0.717, 1.165) is 12.1 Å². The first-order chi connectivity index (χ1) is 10.8. The third-order valence-corrected chi connectivity index (χ3v) is 4.05. The molecule has 0 aliphatic heterocycles. The zero-order valence-electron chi connectivity index (χ0n) is 12.6. The smallest absolute Gasteiger partial charge is 0.359 e. The van der Waals surface area contributed by atoms with Crippen molar-refractivity contribution in [2.24, 2.45) is 5.92 Å². The SMILES string of the molecule is Cc1noc(C)c1NC(=O)[C@@H]1C[C@H]1c1cccc(C(F)(F)F)c1. The maximum Gasteiger partial charge on any atom is 0.416 e. The standard InChI is InChI=1S/C16H15F3N2O2/c1-8-14(9(2)23-21-8)20-15(22)13-7-12(13)10-4-3-5-11(6-10)16(17,18)19/h3-6,12-13H,7H2,1-2H3,(H,20,22)/t12-,13+/m0/s1. The summed E-state index contributed by atoms with van der Waals surface area (Å²) in [6, 6.07) is 5.15. The van der Waals surface area contributed by atoms with Gasteiger partial charge in [-0.2, -0.15) is 13.2 Å². The largest absolute Gasteiger partial charge is 0.416 e. The molecule has 2 atom stereocenters. The highest BCUT2D eigenvalue weighted by Gasteiger charge is 2.45. The number of halogens is 3. The van der Waals surface area contributed by atoms with Gasteiger partial charge in [-0.05, 0) is 37.8 Å². The predicted octanol–water partition coefficient (Wildman–Crippen LogP) is 4.05. The Hall–Kier alpha value is -2.31. The van der Waals surface area contributed by atoms with Gasteiger partial charge in [-0.3, -0.25) is 4.79 Å². The monoisotopic (exact) mass is 324 g/mol. The first-order valence-electron chi connectivity index (χ1n) is 7.18. The lowest BCUT2D eigenvalue weighted by Gasteiger charge is -2.08. The number of hydrogen-bond donors (Lipinski definition) is 1. The Labute approximate surface area is 130 Å². The molecule has 122 valence electrons. The minimum Gasteiger partial charge on any atom is -0.359 e. The van der Waals surface area contributed by atoms with Crippen molar-refractivity contribution in [3.63, 3.8) is 0 Å². The number of hydrogen-bond acceptors (Lipinski definition) is 3. The van der Waals surface area contributed by atoms with Crippen molar-refractivity contribution in [2.75, 3.05) is 5.32 Å². The number of carbonyl (C=O) groups excluding carboxylic acids is 1. The topological polar surface area (TPSA) is 55.1 Å². The van der Waals surface area contributed by atoms with E-state index in [1.165, 1.54) is 6.07 Å². The summed E-state index contributed by atoms with van der Waals surface area (Å²) < 4.78 is 43.2. The van der Waals surface area contributed by atoms with Crippen LogP contribution in [-0.4, -0.2) is 11.1 Å². The van der Waals surface area contributed by atoms with Gasteiger partial charge in [0.2, 0.25) is 5.91 Å². The van der Waals surface area contributed by atoms with Crippen LogP contribution in [-0.2, 0) is 11.0 Å². The van der Waals surface area contributed by atoms with Crippen molar-refractivity contribution in [1.82, 2.24) is 5.16 Å². The van der Waals surface area contributed by atoms with Crippen molar-refractivity contribution < 1.29 is 22.5 Å². The lowest BCUT2D eigenvalue weighted by molar-refractivity contribution is -0.137. The van der Waals surface area contributed by atoms with Gasteiger partial charge in [-0.15, -0.1) is 0 Å². The molecular formula is C16H15F3N2O2.